The second-order valence-corrected chi connectivity index (χ2v) is 3.08. The number of halogens is 2. The molecule has 3 rings (SSSR count). The zero-order valence-electron chi connectivity index (χ0n) is 8.08. The van der Waals surface area contributed by atoms with Gasteiger partial charge in [-0.2, -0.15) is 0 Å². The number of benzene rings is 1. The second kappa shape index (κ2) is 4.55. The van der Waals surface area contributed by atoms with Crippen molar-refractivity contribution in [1.82, 2.24) is 14.4 Å². The number of aromatic amines is 1. The van der Waals surface area contributed by atoms with Crippen LogP contribution in [-0.2, 0) is 0 Å². The quantitative estimate of drug-likeness (QED) is 0.670. The lowest BCUT2D eigenvalue weighted by molar-refractivity contribution is 1.08. The molecule has 0 aliphatic carbocycles. The van der Waals surface area contributed by atoms with Gasteiger partial charge in [0.2, 0.25) is 5.78 Å². The van der Waals surface area contributed by atoms with Crippen molar-refractivity contribution in [3.05, 3.63) is 46.9 Å². The molecule has 0 fully saturated rings. The minimum absolute atomic E-state index is 0. The van der Waals surface area contributed by atoms with E-state index in [1.807, 2.05) is 24.3 Å². The monoisotopic (exact) mass is 257 g/mol. The minimum atomic E-state index is -0.0625. The summed E-state index contributed by atoms with van der Waals surface area (Å²) < 4.78 is 1.56. The standard InChI is InChI=1S/C10H7N3O.2ClH/c14-9-5-6-11-10-12-7-3-1-2-4-8(7)13(9)10;;/h1-6H,(H,11,12);2*1H. The van der Waals surface area contributed by atoms with Crippen LogP contribution in [0, 0.1) is 0 Å². The molecule has 16 heavy (non-hydrogen) atoms. The average molecular weight is 258 g/mol. The van der Waals surface area contributed by atoms with Crippen molar-refractivity contribution in [2.45, 2.75) is 0 Å². The zero-order valence-corrected chi connectivity index (χ0v) is 9.72. The van der Waals surface area contributed by atoms with E-state index in [1.165, 1.54) is 12.3 Å². The number of para-hydroxylation sites is 2. The van der Waals surface area contributed by atoms with E-state index in [-0.39, 0.29) is 30.4 Å². The molecule has 0 saturated carbocycles. The molecular formula is C10H9Cl2N3O. The Labute approximate surface area is 103 Å². The van der Waals surface area contributed by atoms with Crippen molar-refractivity contribution in [2.24, 2.45) is 0 Å². The first-order valence-electron chi connectivity index (χ1n) is 4.31. The van der Waals surface area contributed by atoms with Crippen LogP contribution in [0.5, 0.6) is 0 Å². The molecule has 0 bridgehead atoms. The number of hydrogen-bond acceptors (Lipinski definition) is 2. The molecule has 0 atom stereocenters. The molecule has 1 aromatic carbocycles. The van der Waals surface area contributed by atoms with E-state index >= 15 is 0 Å². The van der Waals surface area contributed by atoms with Gasteiger partial charge in [0.25, 0.3) is 5.56 Å². The van der Waals surface area contributed by atoms with Gasteiger partial charge >= 0.3 is 0 Å². The summed E-state index contributed by atoms with van der Waals surface area (Å²) in [6.45, 7) is 0. The predicted molar refractivity (Wildman–Crippen MR) is 67.8 cm³/mol. The molecule has 2 aromatic heterocycles. The largest absolute Gasteiger partial charge is 0.323 e. The highest BCUT2D eigenvalue weighted by molar-refractivity contribution is 5.85. The number of aromatic nitrogens is 3. The molecule has 6 heteroatoms. The van der Waals surface area contributed by atoms with Crippen molar-refractivity contribution in [3.8, 4) is 0 Å². The van der Waals surface area contributed by atoms with Crippen LogP contribution in [0.2, 0.25) is 0 Å². The molecule has 0 radical (unpaired) electrons. The van der Waals surface area contributed by atoms with Gasteiger partial charge in [-0.1, -0.05) is 12.1 Å². The van der Waals surface area contributed by atoms with Gasteiger partial charge in [0.15, 0.2) is 0 Å². The van der Waals surface area contributed by atoms with Crippen LogP contribution in [0.25, 0.3) is 16.8 Å². The molecule has 2 heterocycles. The van der Waals surface area contributed by atoms with Gasteiger partial charge in [-0.05, 0) is 12.1 Å². The normalized spacial score (nSPS) is 9.75. The van der Waals surface area contributed by atoms with Crippen LogP contribution in [0.4, 0.5) is 0 Å². The Kier molecular flexibility index (Phi) is 3.57. The van der Waals surface area contributed by atoms with E-state index < -0.39 is 0 Å². The molecule has 4 nitrogen and oxygen atoms in total. The third-order valence-corrected chi connectivity index (χ3v) is 2.24. The summed E-state index contributed by atoms with van der Waals surface area (Å²) in [4.78, 5) is 18.7. The van der Waals surface area contributed by atoms with Crippen molar-refractivity contribution < 1.29 is 0 Å². The van der Waals surface area contributed by atoms with E-state index in [1.54, 1.807) is 4.40 Å². The number of nitrogens with one attached hydrogen (secondary N) is 1. The molecule has 0 unspecified atom stereocenters. The number of fused-ring (bicyclic) bond motifs is 3. The van der Waals surface area contributed by atoms with Gasteiger partial charge in [-0.15, -0.1) is 24.8 Å². The summed E-state index contributed by atoms with van der Waals surface area (Å²) in [6.07, 6.45) is 1.51. The third kappa shape index (κ3) is 1.66. The van der Waals surface area contributed by atoms with Gasteiger partial charge in [0.1, 0.15) is 0 Å². The fourth-order valence-electron chi connectivity index (χ4n) is 1.62. The topological polar surface area (TPSA) is 50.2 Å². The molecule has 0 aliphatic rings. The van der Waals surface area contributed by atoms with E-state index in [0.29, 0.717) is 5.78 Å². The minimum Gasteiger partial charge on any atom is -0.323 e. The maximum Gasteiger partial charge on any atom is 0.259 e. The first-order valence-corrected chi connectivity index (χ1v) is 4.31. The lowest BCUT2D eigenvalue weighted by atomic mass is 10.3. The summed E-state index contributed by atoms with van der Waals surface area (Å²) in [6, 6.07) is 9.08. The van der Waals surface area contributed by atoms with Crippen molar-refractivity contribution in [3.63, 3.8) is 0 Å². The van der Waals surface area contributed by atoms with Crippen LogP contribution in [-0.4, -0.2) is 14.4 Å². The second-order valence-electron chi connectivity index (χ2n) is 3.08. The number of nitrogens with zero attached hydrogens (tertiary/aromatic N) is 2. The Morgan fingerprint density at radius 2 is 1.88 bits per heavy atom. The van der Waals surface area contributed by atoms with E-state index in [2.05, 4.69) is 9.97 Å². The summed E-state index contributed by atoms with van der Waals surface area (Å²) >= 11 is 0. The molecule has 0 spiro atoms. The van der Waals surface area contributed by atoms with E-state index in [9.17, 15) is 4.79 Å². The van der Waals surface area contributed by atoms with Crippen molar-refractivity contribution in [1.29, 1.82) is 0 Å². The van der Waals surface area contributed by atoms with Gasteiger partial charge in [-0.3, -0.25) is 4.79 Å². The van der Waals surface area contributed by atoms with Crippen LogP contribution in [0.3, 0.4) is 0 Å². The number of hydrogen-bond donors (Lipinski definition) is 1. The Hall–Kier alpha value is -1.52. The Balaban J connectivity index is 0.000000640. The molecular weight excluding hydrogens is 249 g/mol. The van der Waals surface area contributed by atoms with Crippen LogP contribution >= 0.6 is 24.8 Å². The fourth-order valence-corrected chi connectivity index (χ4v) is 1.62. The zero-order chi connectivity index (χ0) is 9.54. The van der Waals surface area contributed by atoms with Crippen molar-refractivity contribution >= 4 is 41.6 Å². The first-order chi connectivity index (χ1) is 6.86. The highest BCUT2D eigenvalue weighted by Gasteiger charge is 2.03. The molecule has 84 valence electrons. The Bertz CT molecular complexity index is 674. The summed E-state index contributed by atoms with van der Waals surface area (Å²) in [5.41, 5.74) is 1.72. The van der Waals surface area contributed by atoms with E-state index in [4.69, 9.17) is 0 Å². The van der Waals surface area contributed by atoms with E-state index in [0.717, 1.165) is 11.0 Å². The first kappa shape index (κ1) is 12.5. The van der Waals surface area contributed by atoms with Crippen LogP contribution in [0.15, 0.2) is 41.3 Å². The molecule has 1 N–H and O–H groups in total. The maximum atomic E-state index is 11.6. The average Bonchev–Trinajstić information content (AvgIpc) is 2.57. The third-order valence-electron chi connectivity index (χ3n) is 2.24. The maximum absolute atomic E-state index is 11.6. The molecule has 0 aliphatic heterocycles. The summed E-state index contributed by atoms with van der Waals surface area (Å²) in [5.74, 6) is 0.582. The van der Waals surface area contributed by atoms with Gasteiger partial charge < -0.3 is 4.98 Å². The number of imidazole rings is 1. The number of rotatable bonds is 0. The Morgan fingerprint density at radius 1 is 1.12 bits per heavy atom. The molecule has 0 amide bonds. The highest BCUT2D eigenvalue weighted by Crippen LogP contribution is 2.11. The fraction of sp³-hybridized carbons (Fsp3) is 0. The van der Waals surface area contributed by atoms with Crippen LogP contribution < -0.4 is 5.56 Å². The van der Waals surface area contributed by atoms with Crippen LogP contribution in [0.1, 0.15) is 0 Å². The predicted octanol–water partition coefficient (Wildman–Crippen LogP) is 2.02. The van der Waals surface area contributed by atoms with Gasteiger partial charge in [-0.25, -0.2) is 9.38 Å². The molecule has 3 aromatic rings. The van der Waals surface area contributed by atoms with Crippen molar-refractivity contribution in [2.75, 3.05) is 0 Å². The Morgan fingerprint density at radius 3 is 2.69 bits per heavy atom. The smallest absolute Gasteiger partial charge is 0.259 e. The lowest BCUT2D eigenvalue weighted by Crippen LogP contribution is -2.10. The van der Waals surface area contributed by atoms with Gasteiger partial charge in [0.05, 0.1) is 11.0 Å². The lowest BCUT2D eigenvalue weighted by Gasteiger charge is -1.90. The summed E-state index contributed by atoms with van der Waals surface area (Å²) in [7, 11) is 0. The SMILES string of the molecule is Cl.Cl.O=c1ccnc2[nH]c3ccccc3n12. The highest BCUT2D eigenvalue weighted by atomic mass is 35.5. The molecule has 0 saturated heterocycles. The number of H-pyrrole nitrogens is 1. The summed E-state index contributed by atoms with van der Waals surface area (Å²) in [5, 5.41) is 0. The van der Waals surface area contributed by atoms with Gasteiger partial charge in [0, 0.05) is 12.3 Å².